The summed E-state index contributed by atoms with van der Waals surface area (Å²) in [4.78, 5) is 13.6. The zero-order valence-corrected chi connectivity index (χ0v) is 9.21. The molecule has 1 aromatic carbocycles. The van der Waals surface area contributed by atoms with Gasteiger partial charge in [0.2, 0.25) is 0 Å². The van der Waals surface area contributed by atoms with Gasteiger partial charge >= 0.3 is 0 Å². The van der Waals surface area contributed by atoms with Crippen molar-refractivity contribution in [1.82, 2.24) is 4.98 Å². The van der Waals surface area contributed by atoms with Crippen molar-refractivity contribution in [3.8, 4) is 0 Å². The van der Waals surface area contributed by atoms with E-state index in [9.17, 15) is 4.79 Å². The van der Waals surface area contributed by atoms with E-state index in [1.54, 1.807) is 0 Å². The van der Waals surface area contributed by atoms with Gasteiger partial charge in [-0.1, -0.05) is 24.6 Å². The van der Waals surface area contributed by atoms with Crippen LogP contribution < -0.4 is 0 Å². The molecule has 1 N–H and O–H groups in total. The summed E-state index contributed by atoms with van der Waals surface area (Å²) in [6, 6.07) is 5.93. The molecule has 1 unspecified atom stereocenters. The number of H-pyrrole nitrogens is 1. The number of fused-ring (bicyclic) bond motifs is 1. The first kappa shape index (κ1) is 10.2. The molecule has 2 nitrogen and oxygen atoms in total. The summed E-state index contributed by atoms with van der Waals surface area (Å²) in [5.74, 6) is 0.175. The Kier molecular flexibility index (Phi) is 2.78. The summed E-state index contributed by atoms with van der Waals surface area (Å²) in [6.07, 6.45) is 3.31. The second kappa shape index (κ2) is 4.07. The summed E-state index contributed by atoms with van der Waals surface area (Å²) < 4.78 is 0. The van der Waals surface area contributed by atoms with Crippen LogP contribution in [0.2, 0.25) is 5.02 Å². The van der Waals surface area contributed by atoms with E-state index in [2.05, 4.69) is 4.98 Å². The molecule has 78 valence electrons. The fraction of sp³-hybridized carbons (Fsp3) is 0.250. The number of carbonyl (C=O) groups is 1. The summed E-state index contributed by atoms with van der Waals surface area (Å²) in [6.45, 7) is 2.01. The standard InChI is InChI=1S/C12H12ClNO/c1-8(5-7-15)9-2-3-11-10(12(9)13)4-6-14-11/h2-4,6-8,14H,5H2,1H3. The first-order valence-electron chi connectivity index (χ1n) is 4.93. The number of aromatic nitrogens is 1. The van der Waals surface area contributed by atoms with E-state index in [1.807, 2.05) is 31.3 Å². The van der Waals surface area contributed by atoms with Crippen molar-refractivity contribution >= 4 is 28.8 Å². The molecule has 0 amide bonds. The van der Waals surface area contributed by atoms with Crippen molar-refractivity contribution in [3.05, 3.63) is 35.0 Å². The summed E-state index contributed by atoms with van der Waals surface area (Å²) in [5, 5.41) is 1.77. The van der Waals surface area contributed by atoms with Crippen LogP contribution in [-0.4, -0.2) is 11.3 Å². The number of aldehydes is 1. The van der Waals surface area contributed by atoms with Gasteiger partial charge in [-0.3, -0.25) is 0 Å². The normalized spacial score (nSPS) is 12.9. The Bertz CT molecular complexity index is 489. The Hall–Kier alpha value is -1.28. The van der Waals surface area contributed by atoms with Crippen LogP contribution in [0.3, 0.4) is 0 Å². The Morgan fingerprint density at radius 3 is 3.00 bits per heavy atom. The molecule has 0 spiro atoms. The third-order valence-corrected chi connectivity index (χ3v) is 3.10. The molecule has 1 heterocycles. The number of rotatable bonds is 3. The lowest BCUT2D eigenvalue weighted by molar-refractivity contribution is -0.108. The Labute approximate surface area is 93.2 Å². The van der Waals surface area contributed by atoms with Gasteiger partial charge in [0.1, 0.15) is 6.29 Å². The van der Waals surface area contributed by atoms with Crippen LogP contribution in [0.15, 0.2) is 24.4 Å². The molecular formula is C12H12ClNO. The van der Waals surface area contributed by atoms with Crippen molar-refractivity contribution < 1.29 is 4.79 Å². The number of nitrogens with one attached hydrogen (secondary N) is 1. The molecule has 2 rings (SSSR count). The highest BCUT2D eigenvalue weighted by molar-refractivity contribution is 6.36. The topological polar surface area (TPSA) is 32.9 Å². The Balaban J connectivity index is 2.51. The van der Waals surface area contributed by atoms with Crippen LogP contribution in [0.4, 0.5) is 0 Å². The lowest BCUT2D eigenvalue weighted by atomic mass is 9.97. The van der Waals surface area contributed by atoms with E-state index < -0.39 is 0 Å². The second-order valence-corrected chi connectivity index (χ2v) is 4.09. The van der Waals surface area contributed by atoms with E-state index in [1.165, 1.54) is 0 Å². The van der Waals surface area contributed by atoms with Crippen molar-refractivity contribution in [2.24, 2.45) is 0 Å². The number of hydrogen-bond donors (Lipinski definition) is 1. The molecule has 0 radical (unpaired) electrons. The predicted octanol–water partition coefficient (Wildman–Crippen LogP) is 3.51. The maximum absolute atomic E-state index is 10.5. The zero-order chi connectivity index (χ0) is 10.8. The quantitative estimate of drug-likeness (QED) is 0.791. The molecule has 15 heavy (non-hydrogen) atoms. The highest BCUT2D eigenvalue weighted by Gasteiger charge is 2.11. The van der Waals surface area contributed by atoms with E-state index in [0.717, 1.165) is 27.8 Å². The fourth-order valence-electron chi connectivity index (χ4n) is 1.77. The van der Waals surface area contributed by atoms with Crippen molar-refractivity contribution in [2.75, 3.05) is 0 Å². The van der Waals surface area contributed by atoms with E-state index in [4.69, 9.17) is 11.6 Å². The Morgan fingerprint density at radius 2 is 2.27 bits per heavy atom. The van der Waals surface area contributed by atoms with Gasteiger partial charge < -0.3 is 9.78 Å². The average molecular weight is 222 g/mol. The predicted molar refractivity (Wildman–Crippen MR) is 62.4 cm³/mol. The van der Waals surface area contributed by atoms with Crippen LogP contribution >= 0.6 is 11.6 Å². The lowest BCUT2D eigenvalue weighted by Gasteiger charge is -2.10. The van der Waals surface area contributed by atoms with Gasteiger partial charge in [0.15, 0.2) is 0 Å². The van der Waals surface area contributed by atoms with Gasteiger partial charge in [0.25, 0.3) is 0 Å². The second-order valence-electron chi connectivity index (χ2n) is 3.71. The number of aromatic amines is 1. The number of carbonyl (C=O) groups excluding carboxylic acids is 1. The minimum atomic E-state index is 0.175. The van der Waals surface area contributed by atoms with Crippen molar-refractivity contribution in [3.63, 3.8) is 0 Å². The minimum absolute atomic E-state index is 0.175. The average Bonchev–Trinajstić information content (AvgIpc) is 2.67. The van der Waals surface area contributed by atoms with Crippen LogP contribution in [0, 0.1) is 0 Å². The first-order chi connectivity index (χ1) is 7.24. The van der Waals surface area contributed by atoms with Gasteiger partial charge in [0, 0.05) is 23.5 Å². The van der Waals surface area contributed by atoms with Crippen molar-refractivity contribution in [2.45, 2.75) is 19.3 Å². The molecule has 2 aromatic rings. The molecule has 1 atom stereocenters. The SMILES string of the molecule is CC(CC=O)c1ccc2[nH]ccc2c1Cl. The molecule has 0 aliphatic rings. The van der Waals surface area contributed by atoms with Gasteiger partial charge in [-0.15, -0.1) is 0 Å². The van der Waals surface area contributed by atoms with E-state index >= 15 is 0 Å². The molecule has 3 heteroatoms. The Morgan fingerprint density at radius 1 is 1.47 bits per heavy atom. The molecule has 0 saturated heterocycles. The highest BCUT2D eigenvalue weighted by atomic mass is 35.5. The van der Waals surface area contributed by atoms with Crippen LogP contribution in [0.25, 0.3) is 10.9 Å². The van der Waals surface area contributed by atoms with Crippen LogP contribution in [0.1, 0.15) is 24.8 Å². The third-order valence-electron chi connectivity index (χ3n) is 2.68. The number of hydrogen-bond acceptors (Lipinski definition) is 1. The smallest absolute Gasteiger partial charge is 0.120 e. The fourth-order valence-corrected chi connectivity index (χ4v) is 2.18. The third kappa shape index (κ3) is 1.77. The van der Waals surface area contributed by atoms with E-state index in [0.29, 0.717) is 6.42 Å². The monoisotopic (exact) mass is 221 g/mol. The molecule has 0 aliphatic carbocycles. The highest BCUT2D eigenvalue weighted by Crippen LogP contribution is 2.32. The number of benzene rings is 1. The van der Waals surface area contributed by atoms with Crippen LogP contribution in [-0.2, 0) is 4.79 Å². The molecule has 0 aliphatic heterocycles. The minimum Gasteiger partial charge on any atom is -0.361 e. The van der Waals surface area contributed by atoms with Crippen molar-refractivity contribution in [1.29, 1.82) is 0 Å². The van der Waals surface area contributed by atoms with Gasteiger partial charge in [-0.05, 0) is 23.6 Å². The lowest BCUT2D eigenvalue weighted by Crippen LogP contribution is -1.95. The maximum atomic E-state index is 10.5. The number of halogens is 1. The molecule has 0 fully saturated rings. The molecule has 0 saturated carbocycles. The summed E-state index contributed by atoms with van der Waals surface area (Å²) in [7, 11) is 0. The van der Waals surface area contributed by atoms with Gasteiger partial charge in [-0.2, -0.15) is 0 Å². The first-order valence-corrected chi connectivity index (χ1v) is 5.31. The molecular weight excluding hydrogens is 210 g/mol. The van der Waals surface area contributed by atoms with E-state index in [-0.39, 0.29) is 5.92 Å². The summed E-state index contributed by atoms with van der Waals surface area (Å²) in [5.41, 5.74) is 2.07. The molecule has 1 aromatic heterocycles. The van der Waals surface area contributed by atoms with Crippen LogP contribution in [0.5, 0.6) is 0 Å². The molecule has 0 bridgehead atoms. The van der Waals surface area contributed by atoms with Gasteiger partial charge in [0.05, 0.1) is 5.02 Å². The maximum Gasteiger partial charge on any atom is 0.120 e. The largest absolute Gasteiger partial charge is 0.361 e. The van der Waals surface area contributed by atoms with Gasteiger partial charge in [-0.25, -0.2) is 0 Å². The summed E-state index contributed by atoms with van der Waals surface area (Å²) >= 11 is 6.28. The zero-order valence-electron chi connectivity index (χ0n) is 8.46.